The third-order valence-corrected chi connectivity index (χ3v) is 5.77. The zero-order chi connectivity index (χ0) is 22.1. The van der Waals surface area contributed by atoms with E-state index in [2.05, 4.69) is 10.3 Å². The lowest BCUT2D eigenvalue weighted by Gasteiger charge is -2.25. The van der Waals surface area contributed by atoms with Crippen molar-refractivity contribution < 1.29 is 18.7 Å². The van der Waals surface area contributed by atoms with Crippen molar-refractivity contribution in [1.29, 1.82) is 0 Å². The van der Waals surface area contributed by atoms with Gasteiger partial charge in [-0.1, -0.05) is 18.2 Å². The number of benzene rings is 1. The van der Waals surface area contributed by atoms with E-state index in [-0.39, 0.29) is 17.6 Å². The van der Waals surface area contributed by atoms with Crippen LogP contribution in [-0.4, -0.2) is 26.1 Å². The van der Waals surface area contributed by atoms with E-state index >= 15 is 0 Å². The van der Waals surface area contributed by atoms with Crippen LogP contribution in [0.1, 0.15) is 39.7 Å². The molecule has 2 atom stereocenters. The van der Waals surface area contributed by atoms with E-state index < -0.39 is 5.97 Å². The van der Waals surface area contributed by atoms with E-state index in [9.17, 15) is 9.90 Å². The highest BCUT2D eigenvalue weighted by Crippen LogP contribution is 2.41. The molecule has 1 saturated heterocycles. The van der Waals surface area contributed by atoms with Gasteiger partial charge in [-0.25, -0.2) is 4.79 Å². The molecule has 3 aromatic heterocycles. The summed E-state index contributed by atoms with van der Waals surface area (Å²) in [6.07, 6.45) is 3.38. The standard InChI is InChI=1S/C24H19N3O4S/c28-23(29)16-6-3-5-15(13-16)19-9-10-20(31-19)22-21(18-8-1-2-11-25-18)26-24(32)27(22)14-17-7-4-12-30-17/h1-13,21-22H,14H2,(H,26,32)(H,28,29)/t21-,22+/m0/s1. The van der Waals surface area contributed by atoms with Gasteiger partial charge in [0, 0.05) is 11.8 Å². The van der Waals surface area contributed by atoms with E-state index in [1.54, 1.807) is 30.7 Å². The number of hydrogen-bond donors (Lipinski definition) is 2. The first-order valence-corrected chi connectivity index (χ1v) is 10.4. The Morgan fingerprint density at radius 1 is 1.12 bits per heavy atom. The van der Waals surface area contributed by atoms with Crippen LogP contribution in [0.4, 0.5) is 0 Å². The van der Waals surface area contributed by atoms with Crippen molar-refractivity contribution in [2.24, 2.45) is 0 Å². The summed E-state index contributed by atoms with van der Waals surface area (Å²) >= 11 is 5.65. The highest BCUT2D eigenvalue weighted by molar-refractivity contribution is 7.80. The first-order chi connectivity index (χ1) is 15.6. The number of aromatic carboxylic acids is 1. The summed E-state index contributed by atoms with van der Waals surface area (Å²) in [5.74, 6) is 1.07. The Bertz CT molecular complexity index is 1250. The quantitative estimate of drug-likeness (QED) is 0.409. The summed E-state index contributed by atoms with van der Waals surface area (Å²) in [6.45, 7) is 0.470. The fourth-order valence-electron chi connectivity index (χ4n) is 3.93. The molecular weight excluding hydrogens is 426 g/mol. The molecule has 160 valence electrons. The lowest BCUT2D eigenvalue weighted by atomic mass is 10.0. The molecule has 1 fully saturated rings. The average molecular weight is 446 g/mol. The molecule has 2 N–H and O–H groups in total. The van der Waals surface area contributed by atoms with Gasteiger partial charge in [0.1, 0.15) is 23.3 Å². The van der Waals surface area contributed by atoms with Crippen LogP contribution in [0.3, 0.4) is 0 Å². The number of carboxylic acids is 1. The Balaban J connectivity index is 1.53. The maximum absolute atomic E-state index is 11.4. The number of carboxylic acid groups (broad SMARTS) is 1. The van der Waals surface area contributed by atoms with Gasteiger partial charge in [0.15, 0.2) is 5.11 Å². The number of nitrogens with zero attached hydrogens (tertiary/aromatic N) is 2. The Hall–Kier alpha value is -3.91. The van der Waals surface area contributed by atoms with Crippen LogP contribution in [-0.2, 0) is 6.54 Å². The molecule has 1 aliphatic rings. The molecule has 0 radical (unpaired) electrons. The molecule has 1 aromatic carbocycles. The molecule has 0 unspecified atom stereocenters. The third kappa shape index (κ3) is 3.76. The minimum absolute atomic E-state index is 0.204. The first-order valence-electron chi connectivity index (χ1n) is 10.0. The zero-order valence-electron chi connectivity index (χ0n) is 16.8. The molecule has 0 amide bonds. The van der Waals surface area contributed by atoms with E-state index in [1.807, 2.05) is 53.4 Å². The van der Waals surface area contributed by atoms with Gasteiger partial charge in [-0.3, -0.25) is 4.98 Å². The fourth-order valence-corrected chi connectivity index (χ4v) is 4.23. The highest BCUT2D eigenvalue weighted by Gasteiger charge is 2.42. The van der Waals surface area contributed by atoms with Crippen molar-refractivity contribution in [2.75, 3.05) is 0 Å². The molecular formula is C24H19N3O4S. The Morgan fingerprint density at radius 2 is 2.03 bits per heavy atom. The van der Waals surface area contributed by atoms with Crippen LogP contribution in [0.2, 0.25) is 0 Å². The van der Waals surface area contributed by atoms with Gasteiger partial charge in [0.05, 0.1) is 30.1 Å². The number of pyridine rings is 1. The number of nitrogens with one attached hydrogen (secondary N) is 1. The molecule has 4 heterocycles. The number of thiocarbonyl (C=S) groups is 1. The highest BCUT2D eigenvalue weighted by atomic mass is 32.1. The van der Waals surface area contributed by atoms with Gasteiger partial charge in [0.25, 0.3) is 0 Å². The predicted octanol–water partition coefficient (Wildman–Crippen LogP) is 4.81. The summed E-state index contributed by atoms with van der Waals surface area (Å²) in [7, 11) is 0. The lowest BCUT2D eigenvalue weighted by molar-refractivity contribution is 0.0697. The van der Waals surface area contributed by atoms with Crippen molar-refractivity contribution in [1.82, 2.24) is 15.2 Å². The molecule has 8 heteroatoms. The number of carbonyl (C=O) groups is 1. The first kappa shape index (κ1) is 20.0. The SMILES string of the molecule is O=C(O)c1cccc(-c2ccc([C@@H]3[C@H](c4ccccn4)NC(=S)N3Cc3ccco3)o2)c1. The van der Waals surface area contributed by atoms with E-state index in [0.717, 1.165) is 11.5 Å². The summed E-state index contributed by atoms with van der Waals surface area (Å²) in [4.78, 5) is 17.9. The minimum atomic E-state index is -0.983. The van der Waals surface area contributed by atoms with Crippen molar-refractivity contribution >= 4 is 23.3 Å². The molecule has 0 spiro atoms. The summed E-state index contributed by atoms with van der Waals surface area (Å²) in [5.41, 5.74) is 1.74. The normalized spacial score (nSPS) is 18.0. The molecule has 4 aromatic rings. The summed E-state index contributed by atoms with van der Waals surface area (Å²) in [6, 6.07) is 19.4. The average Bonchev–Trinajstić information content (AvgIpc) is 3.56. The topological polar surface area (TPSA) is 91.7 Å². The van der Waals surface area contributed by atoms with Gasteiger partial charge in [0.2, 0.25) is 0 Å². The second-order valence-electron chi connectivity index (χ2n) is 7.42. The molecule has 0 bridgehead atoms. The van der Waals surface area contributed by atoms with Crippen LogP contribution < -0.4 is 5.32 Å². The van der Waals surface area contributed by atoms with Crippen molar-refractivity contribution in [3.05, 3.63) is 102 Å². The molecule has 0 saturated carbocycles. The van der Waals surface area contributed by atoms with Crippen molar-refractivity contribution in [3.8, 4) is 11.3 Å². The monoisotopic (exact) mass is 445 g/mol. The summed E-state index contributed by atoms with van der Waals surface area (Å²) in [5, 5.41) is 13.3. The fraction of sp³-hybridized carbons (Fsp3) is 0.125. The van der Waals surface area contributed by atoms with Crippen LogP contribution >= 0.6 is 12.2 Å². The van der Waals surface area contributed by atoms with E-state index in [0.29, 0.717) is 28.7 Å². The third-order valence-electron chi connectivity index (χ3n) is 5.42. The van der Waals surface area contributed by atoms with Gasteiger partial charge in [-0.15, -0.1) is 0 Å². The van der Waals surface area contributed by atoms with Crippen molar-refractivity contribution in [2.45, 2.75) is 18.6 Å². The molecule has 32 heavy (non-hydrogen) atoms. The second kappa shape index (κ2) is 8.32. The van der Waals surface area contributed by atoms with Gasteiger partial charge in [-0.2, -0.15) is 0 Å². The van der Waals surface area contributed by atoms with Crippen LogP contribution in [0.25, 0.3) is 11.3 Å². The Kier molecular flexibility index (Phi) is 5.20. The smallest absolute Gasteiger partial charge is 0.335 e. The summed E-state index contributed by atoms with van der Waals surface area (Å²) < 4.78 is 11.8. The van der Waals surface area contributed by atoms with Crippen LogP contribution in [0.5, 0.6) is 0 Å². The van der Waals surface area contributed by atoms with Crippen LogP contribution in [0.15, 0.2) is 88.0 Å². The zero-order valence-corrected chi connectivity index (χ0v) is 17.7. The molecule has 0 aliphatic carbocycles. The number of furan rings is 2. The minimum Gasteiger partial charge on any atom is -0.478 e. The largest absolute Gasteiger partial charge is 0.478 e. The number of aromatic nitrogens is 1. The molecule has 1 aliphatic heterocycles. The lowest BCUT2D eigenvalue weighted by Crippen LogP contribution is -2.28. The van der Waals surface area contributed by atoms with E-state index in [4.69, 9.17) is 21.1 Å². The maximum Gasteiger partial charge on any atom is 0.335 e. The van der Waals surface area contributed by atoms with Gasteiger partial charge in [-0.05, 0) is 60.7 Å². The molecule has 5 rings (SSSR count). The Labute approximate surface area is 189 Å². The van der Waals surface area contributed by atoms with Crippen molar-refractivity contribution in [3.63, 3.8) is 0 Å². The van der Waals surface area contributed by atoms with Gasteiger partial charge >= 0.3 is 5.97 Å². The Morgan fingerprint density at radius 3 is 2.78 bits per heavy atom. The number of rotatable bonds is 6. The van der Waals surface area contributed by atoms with E-state index in [1.165, 1.54) is 0 Å². The maximum atomic E-state index is 11.4. The number of hydrogen-bond acceptors (Lipinski definition) is 5. The van der Waals surface area contributed by atoms with Gasteiger partial charge < -0.3 is 24.2 Å². The second-order valence-corrected chi connectivity index (χ2v) is 7.81. The predicted molar refractivity (Wildman–Crippen MR) is 121 cm³/mol. The van der Waals surface area contributed by atoms with Crippen LogP contribution in [0, 0.1) is 0 Å². The molecule has 7 nitrogen and oxygen atoms in total.